The van der Waals surface area contributed by atoms with Crippen LogP contribution >= 0.6 is 0 Å². The Morgan fingerprint density at radius 2 is 2.08 bits per heavy atom. The molecular weight excluding hydrogens is 148 g/mol. The minimum absolute atomic E-state index is 0.550. The zero-order chi connectivity index (χ0) is 8.72. The van der Waals surface area contributed by atoms with Crippen LogP contribution in [-0.4, -0.2) is 10.2 Å². The number of nitrogens with zero attached hydrogens (tertiary/aromatic N) is 1. The highest BCUT2D eigenvalue weighted by molar-refractivity contribution is 5.30. The van der Waals surface area contributed by atoms with Crippen molar-refractivity contribution in [1.82, 2.24) is 10.2 Å². The average Bonchev–Trinajstić information content (AvgIpc) is 2.75. The average molecular weight is 164 g/mol. The summed E-state index contributed by atoms with van der Waals surface area (Å²) in [6.45, 7) is 6.58. The van der Waals surface area contributed by atoms with Gasteiger partial charge in [0.05, 0.1) is 5.69 Å². The standard InChI is InChI=1S/C10H16N2/c1-6(2)9-7(3)10(12-11-9)8-4-5-8/h6,8H,4-5H2,1-3H3,(H,11,12). The van der Waals surface area contributed by atoms with Gasteiger partial charge in [-0.15, -0.1) is 0 Å². The fourth-order valence-corrected chi connectivity index (χ4v) is 1.76. The first kappa shape index (κ1) is 7.84. The Hall–Kier alpha value is -0.790. The lowest BCUT2D eigenvalue weighted by Gasteiger charge is -2.01. The molecule has 0 atom stereocenters. The van der Waals surface area contributed by atoms with Crippen molar-refractivity contribution in [2.75, 3.05) is 0 Å². The normalized spacial score (nSPS) is 17.3. The van der Waals surface area contributed by atoms with Crippen molar-refractivity contribution in [2.24, 2.45) is 0 Å². The van der Waals surface area contributed by atoms with Gasteiger partial charge in [0, 0.05) is 11.6 Å². The number of hydrogen-bond donors (Lipinski definition) is 1. The van der Waals surface area contributed by atoms with Crippen molar-refractivity contribution in [1.29, 1.82) is 0 Å². The largest absolute Gasteiger partial charge is 0.282 e. The molecule has 0 saturated heterocycles. The molecule has 0 bridgehead atoms. The molecule has 1 aliphatic carbocycles. The Kier molecular flexibility index (Phi) is 1.71. The van der Waals surface area contributed by atoms with Crippen molar-refractivity contribution in [2.45, 2.75) is 45.4 Å². The van der Waals surface area contributed by atoms with Gasteiger partial charge < -0.3 is 0 Å². The molecule has 0 unspecified atom stereocenters. The van der Waals surface area contributed by atoms with Gasteiger partial charge in [-0.3, -0.25) is 5.10 Å². The van der Waals surface area contributed by atoms with Gasteiger partial charge in [-0.1, -0.05) is 13.8 Å². The van der Waals surface area contributed by atoms with Gasteiger partial charge in [-0.25, -0.2) is 0 Å². The molecule has 0 amide bonds. The van der Waals surface area contributed by atoms with Crippen molar-refractivity contribution < 1.29 is 0 Å². The van der Waals surface area contributed by atoms with Crippen molar-refractivity contribution in [3.63, 3.8) is 0 Å². The lowest BCUT2D eigenvalue weighted by molar-refractivity contribution is 0.803. The van der Waals surface area contributed by atoms with Crippen LogP contribution in [0.2, 0.25) is 0 Å². The molecule has 2 rings (SSSR count). The fraction of sp³-hybridized carbons (Fsp3) is 0.700. The minimum atomic E-state index is 0.550. The molecule has 1 fully saturated rings. The monoisotopic (exact) mass is 164 g/mol. The zero-order valence-corrected chi connectivity index (χ0v) is 8.02. The Labute approximate surface area is 73.4 Å². The van der Waals surface area contributed by atoms with Gasteiger partial charge in [-0.2, -0.15) is 5.10 Å². The molecule has 1 aliphatic rings. The van der Waals surface area contributed by atoms with Crippen LogP contribution in [0.25, 0.3) is 0 Å². The molecule has 0 aromatic carbocycles. The molecule has 2 heteroatoms. The van der Waals surface area contributed by atoms with E-state index in [0.29, 0.717) is 5.92 Å². The van der Waals surface area contributed by atoms with Gasteiger partial charge in [-0.05, 0) is 31.2 Å². The van der Waals surface area contributed by atoms with E-state index in [1.807, 2.05) is 0 Å². The van der Waals surface area contributed by atoms with Crippen LogP contribution < -0.4 is 0 Å². The van der Waals surface area contributed by atoms with Gasteiger partial charge in [0.25, 0.3) is 0 Å². The van der Waals surface area contributed by atoms with E-state index in [1.165, 1.54) is 29.8 Å². The van der Waals surface area contributed by atoms with Gasteiger partial charge in [0.2, 0.25) is 0 Å². The molecule has 66 valence electrons. The predicted molar refractivity (Wildman–Crippen MR) is 49.4 cm³/mol. The van der Waals surface area contributed by atoms with Gasteiger partial charge >= 0.3 is 0 Å². The van der Waals surface area contributed by atoms with Crippen LogP contribution in [0, 0.1) is 6.92 Å². The first-order chi connectivity index (χ1) is 5.70. The van der Waals surface area contributed by atoms with Crippen molar-refractivity contribution in [3.8, 4) is 0 Å². The van der Waals surface area contributed by atoms with Gasteiger partial charge in [0.1, 0.15) is 0 Å². The molecule has 1 aromatic heterocycles. The number of hydrogen-bond acceptors (Lipinski definition) is 1. The molecule has 2 nitrogen and oxygen atoms in total. The Balaban J connectivity index is 2.33. The van der Waals surface area contributed by atoms with Crippen LogP contribution in [-0.2, 0) is 0 Å². The van der Waals surface area contributed by atoms with E-state index in [9.17, 15) is 0 Å². The van der Waals surface area contributed by atoms with Crippen molar-refractivity contribution in [3.05, 3.63) is 17.0 Å². The molecule has 12 heavy (non-hydrogen) atoms. The van der Waals surface area contributed by atoms with Crippen LogP contribution in [0.4, 0.5) is 0 Å². The number of nitrogens with one attached hydrogen (secondary N) is 1. The molecule has 1 aromatic rings. The highest BCUT2D eigenvalue weighted by atomic mass is 15.1. The van der Waals surface area contributed by atoms with E-state index in [-0.39, 0.29) is 0 Å². The number of rotatable bonds is 2. The van der Waals surface area contributed by atoms with E-state index < -0.39 is 0 Å². The lowest BCUT2D eigenvalue weighted by atomic mass is 10.0. The molecular formula is C10H16N2. The van der Waals surface area contributed by atoms with Crippen LogP contribution in [0.5, 0.6) is 0 Å². The summed E-state index contributed by atoms with van der Waals surface area (Å²) in [5.41, 5.74) is 4.03. The number of aromatic amines is 1. The zero-order valence-electron chi connectivity index (χ0n) is 8.02. The summed E-state index contributed by atoms with van der Waals surface area (Å²) < 4.78 is 0. The maximum Gasteiger partial charge on any atom is 0.0679 e. The quantitative estimate of drug-likeness (QED) is 0.715. The number of H-pyrrole nitrogens is 1. The molecule has 1 saturated carbocycles. The van der Waals surface area contributed by atoms with E-state index >= 15 is 0 Å². The maximum atomic E-state index is 4.35. The Morgan fingerprint density at radius 3 is 2.50 bits per heavy atom. The molecule has 0 aliphatic heterocycles. The third-order valence-corrected chi connectivity index (χ3v) is 2.62. The first-order valence-corrected chi connectivity index (χ1v) is 4.75. The summed E-state index contributed by atoms with van der Waals surface area (Å²) in [6.07, 6.45) is 2.70. The minimum Gasteiger partial charge on any atom is -0.282 e. The van der Waals surface area contributed by atoms with Crippen LogP contribution in [0.15, 0.2) is 0 Å². The molecule has 1 heterocycles. The summed E-state index contributed by atoms with van der Waals surface area (Å²) >= 11 is 0. The highest BCUT2D eigenvalue weighted by Gasteiger charge is 2.28. The van der Waals surface area contributed by atoms with E-state index in [4.69, 9.17) is 0 Å². The molecule has 0 radical (unpaired) electrons. The topological polar surface area (TPSA) is 28.7 Å². The number of aromatic nitrogens is 2. The summed E-state index contributed by atoms with van der Waals surface area (Å²) in [5, 5.41) is 7.52. The van der Waals surface area contributed by atoms with E-state index in [2.05, 4.69) is 31.0 Å². The summed E-state index contributed by atoms with van der Waals surface area (Å²) in [4.78, 5) is 0. The third-order valence-electron chi connectivity index (χ3n) is 2.62. The van der Waals surface area contributed by atoms with Crippen LogP contribution in [0.1, 0.15) is 55.5 Å². The predicted octanol–water partition coefficient (Wildman–Crippen LogP) is 2.72. The smallest absolute Gasteiger partial charge is 0.0679 e. The summed E-state index contributed by atoms with van der Waals surface area (Å²) in [5.74, 6) is 1.35. The third kappa shape index (κ3) is 1.15. The second kappa shape index (κ2) is 2.61. The second-order valence-corrected chi connectivity index (χ2v) is 4.08. The van der Waals surface area contributed by atoms with E-state index in [0.717, 1.165) is 5.92 Å². The summed E-state index contributed by atoms with van der Waals surface area (Å²) in [6, 6.07) is 0. The maximum absolute atomic E-state index is 4.35. The van der Waals surface area contributed by atoms with Crippen LogP contribution in [0.3, 0.4) is 0 Å². The SMILES string of the molecule is Cc1c(C(C)C)n[nH]c1C1CC1. The highest BCUT2D eigenvalue weighted by Crippen LogP contribution is 2.41. The van der Waals surface area contributed by atoms with Crippen molar-refractivity contribution >= 4 is 0 Å². The van der Waals surface area contributed by atoms with Gasteiger partial charge in [0.15, 0.2) is 0 Å². The summed E-state index contributed by atoms with van der Waals surface area (Å²) in [7, 11) is 0. The lowest BCUT2D eigenvalue weighted by Crippen LogP contribution is -1.90. The fourth-order valence-electron chi connectivity index (χ4n) is 1.76. The molecule has 1 N–H and O–H groups in total. The van der Waals surface area contributed by atoms with E-state index in [1.54, 1.807) is 0 Å². The first-order valence-electron chi connectivity index (χ1n) is 4.75. The Bertz CT molecular complexity index is 263. The molecule has 0 spiro atoms. The second-order valence-electron chi connectivity index (χ2n) is 4.08. The Morgan fingerprint density at radius 1 is 1.42 bits per heavy atom.